The van der Waals surface area contributed by atoms with Crippen LogP contribution < -0.4 is 5.32 Å². The number of esters is 1. The van der Waals surface area contributed by atoms with Crippen LogP contribution >= 0.6 is 0 Å². The molecule has 0 fully saturated rings. The largest absolute Gasteiger partial charge is 0.466 e. The lowest BCUT2D eigenvalue weighted by Crippen LogP contribution is -2.45. The van der Waals surface area contributed by atoms with Gasteiger partial charge in [-0.1, -0.05) is 249 Å². The van der Waals surface area contributed by atoms with Crippen LogP contribution in [0, 0.1) is 0 Å². The summed E-state index contributed by atoms with van der Waals surface area (Å²) in [6.45, 7) is 4.86. The van der Waals surface area contributed by atoms with Crippen LogP contribution in [-0.2, 0) is 14.3 Å². The number of carbonyl (C=O) groups is 2. The molecular formula is C60H113NO5. The molecule has 0 aromatic heterocycles. The SMILES string of the molecule is CCCCC/C=C\CCCCCCCC(=O)OCCCCCCCCC/C=C\CCCCCCCC(=O)NC(CO)C(O)/C=C/CCCCCCCCCCCCCCCCCCCCC. The Balaban J connectivity index is 3.51. The first-order valence-corrected chi connectivity index (χ1v) is 29.3. The maximum Gasteiger partial charge on any atom is 0.305 e. The van der Waals surface area contributed by atoms with E-state index in [4.69, 9.17) is 4.74 Å². The topological polar surface area (TPSA) is 95.9 Å². The average Bonchev–Trinajstić information content (AvgIpc) is 3.32. The summed E-state index contributed by atoms with van der Waals surface area (Å²) in [7, 11) is 0. The van der Waals surface area contributed by atoms with Gasteiger partial charge in [0.25, 0.3) is 0 Å². The first-order valence-electron chi connectivity index (χ1n) is 29.3. The van der Waals surface area contributed by atoms with Crippen LogP contribution in [0.4, 0.5) is 0 Å². The van der Waals surface area contributed by atoms with Crippen LogP contribution in [0.25, 0.3) is 0 Å². The molecule has 0 rings (SSSR count). The van der Waals surface area contributed by atoms with Crippen molar-refractivity contribution in [2.75, 3.05) is 13.2 Å². The minimum Gasteiger partial charge on any atom is -0.466 e. The third kappa shape index (κ3) is 51.5. The Bertz CT molecular complexity index is 1070. The van der Waals surface area contributed by atoms with E-state index >= 15 is 0 Å². The predicted octanol–water partition coefficient (Wildman–Crippen LogP) is 18.0. The van der Waals surface area contributed by atoms with Crippen LogP contribution in [0.5, 0.6) is 0 Å². The molecule has 0 saturated carbocycles. The Morgan fingerprint density at radius 3 is 1.11 bits per heavy atom. The van der Waals surface area contributed by atoms with E-state index in [0.717, 1.165) is 64.2 Å². The van der Waals surface area contributed by atoms with Crippen molar-refractivity contribution in [2.45, 2.75) is 321 Å². The van der Waals surface area contributed by atoms with Gasteiger partial charge in [-0.25, -0.2) is 0 Å². The Labute approximate surface area is 411 Å². The van der Waals surface area contributed by atoms with Crippen LogP contribution in [-0.4, -0.2) is 47.4 Å². The molecule has 0 aliphatic heterocycles. The van der Waals surface area contributed by atoms with E-state index in [1.54, 1.807) is 6.08 Å². The van der Waals surface area contributed by atoms with E-state index < -0.39 is 12.1 Å². The van der Waals surface area contributed by atoms with Crippen LogP contribution in [0.15, 0.2) is 36.5 Å². The highest BCUT2D eigenvalue weighted by Gasteiger charge is 2.18. The van der Waals surface area contributed by atoms with Crippen molar-refractivity contribution in [3.8, 4) is 0 Å². The summed E-state index contributed by atoms with van der Waals surface area (Å²) >= 11 is 0. The number of carbonyl (C=O) groups excluding carboxylic acids is 2. The lowest BCUT2D eigenvalue weighted by atomic mass is 10.0. The molecule has 388 valence electrons. The van der Waals surface area contributed by atoms with Gasteiger partial charge in [-0.15, -0.1) is 0 Å². The molecular weight excluding hydrogens is 815 g/mol. The number of hydrogen-bond acceptors (Lipinski definition) is 5. The van der Waals surface area contributed by atoms with Gasteiger partial charge in [0, 0.05) is 12.8 Å². The number of rotatable bonds is 54. The predicted molar refractivity (Wildman–Crippen MR) is 287 cm³/mol. The van der Waals surface area contributed by atoms with E-state index in [2.05, 4.69) is 43.5 Å². The molecule has 2 atom stereocenters. The number of aliphatic hydroxyl groups is 2. The smallest absolute Gasteiger partial charge is 0.305 e. The summed E-state index contributed by atoms with van der Waals surface area (Å²) in [5.74, 6) is -0.0974. The van der Waals surface area contributed by atoms with E-state index in [-0.39, 0.29) is 18.5 Å². The molecule has 6 nitrogen and oxygen atoms in total. The van der Waals surface area contributed by atoms with Gasteiger partial charge in [0.1, 0.15) is 0 Å². The normalized spacial score (nSPS) is 12.8. The maximum absolute atomic E-state index is 12.5. The second-order valence-electron chi connectivity index (χ2n) is 20.0. The van der Waals surface area contributed by atoms with Crippen LogP contribution in [0.3, 0.4) is 0 Å². The van der Waals surface area contributed by atoms with Crippen molar-refractivity contribution in [2.24, 2.45) is 0 Å². The molecule has 0 saturated heterocycles. The maximum atomic E-state index is 12.5. The standard InChI is InChI=1S/C60H113NO5/c1-3-5-7-9-11-13-15-17-18-19-20-21-22-23-26-29-32-36-40-44-48-52-58(63)57(56-62)61-59(64)53-49-45-41-37-33-30-27-24-25-28-31-35-39-43-47-51-55-66-60(65)54-50-46-42-38-34-16-14-12-10-8-6-4-2/h12,14,24,27,48,52,57-58,62-63H,3-11,13,15-23,25-26,28-47,49-51,53-56H2,1-2H3,(H,61,64)/b14-12-,27-24-,52-48+. The number of aliphatic hydroxyl groups excluding tert-OH is 2. The molecule has 3 N–H and O–H groups in total. The summed E-state index contributed by atoms with van der Waals surface area (Å²) in [6, 6.07) is -0.641. The van der Waals surface area contributed by atoms with Gasteiger partial charge in [-0.2, -0.15) is 0 Å². The third-order valence-corrected chi connectivity index (χ3v) is 13.4. The Kier molecular flexibility index (Phi) is 54.1. The molecule has 0 bridgehead atoms. The number of unbranched alkanes of at least 4 members (excludes halogenated alkanes) is 39. The fourth-order valence-corrected chi connectivity index (χ4v) is 8.86. The third-order valence-electron chi connectivity index (χ3n) is 13.4. The molecule has 0 heterocycles. The highest BCUT2D eigenvalue weighted by atomic mass is 16.5. The molecule has 0 aliphatic carbocycles. The average molecular weight is 929 g/mol. The second-order valence-corrected chi connectivity index (χ2v) is 20.0. The van der Waals surface area contributed by atoms with Gasteiger partial charge in [-0.05, 0) is 83.5 Å². The number of ether oxygens (including phenoxy) is 1. The number of allylic oxidation sites excluding steroid dienone is 5. The quantitative estimate of drug-likeness (QED) is 0.0321. The fraction of sp³-hybridized carbons (Fsp3) is 0.867. The highest BCUT2D eigenvalue weighted by Crippen LogP contribution is 2.16. The first kappa shape index (κ1) is 64.1. The van der Waals surface area contributed by atoms with E-state index in [1.165, 1.54) is 218 Å². The zero-order chi connectivity index (χ0) is 47.9. The lowest BCUT2D eigenvalue weighted by molar-refractivity contribution is -0.143. The van der Waals surface area contributed by atoms with Crippen molar-refractivity contribution in [1.29, 1.82) is 0 Å². The summed E-state index contributed by atoms with van der Waals surface area (Å²) in [5.41, 5.74) is 0. The van der Waals surface area contributed by atoms with Gasteiger partial charge in [0.2, 0.25) is 5.91 Å². The van der Waals surface area contributed by atoms with Crippen LogP contribution in [0.1, 0.15) is 309 Å². The van der Waals surface area contributed by atoms with Gasteiger partial charge < -0.3 is 20.3 Å². The van der Waals surface area contributed by atoms with E-state index in [9.17, 15) is 19.8 Å². The van der Waals surface area contributed by atoms with Crippen molar-refractivity contribution >= 4 is 11.9 Å². The van der Waals surface area contributed by atoms with Gasteiger partial charge in [0.05, 0.1) is 25.4 Å². The number of amides is 1. The summed E-state index contributed by atoms with van der Waals surface area (Å²) in [5, 5.41) is 23.2. The van der Waals surface area contributed by atoms with Crippen molar-refractivity contribution in [1.82, 2.24) is 5.32 Å². The summed E-state index contributed by atoms with van der Waals surface area (Å²) in [6.07, 6.45) is 68.8. The molecule has 6 heteroatoms. The first-order chi connectivity index (χ1) is 32.5. The molecule has 0 aliphatic rings. The van der Waals surface area contributed by atoms with E-state index in [1.807, 2.05) is 6.08 Å². The Morgan fingerprint density at radius 2 is 0.712 bits per heavy atom. The minimum atomic E-state index is -0.856. The van der Waals surface area contributed by atoms with E-state index in [0.29, 0.717) is 19.4 Å². The highest BCUT2D eigenvalue weighted by molar-refractivity contribution is 5.76. The van der Waals surface area contributed by atoms with Gasteiger partial charge in [0.15, 0.2) is 0 Å². The Hall–Kier alpha value is -1.92. The molecule has 2 unspecified atom stereocenters. The molecule has 0 aromatic carbocycles. The monoisotopic (exact) mass is 928 g/mol. The van der Waals surface area contributed by atoms with Crippen molar-refractivity contribution in [3.05, 3.63) is 36.5 Å². The molecule has 1 amide bonds. The zero-order valence-corrected chi connectivity index (χ0v) is 44.2. The number of nitrogens with one attached hydrogen (secondary N) is 1. The zero-order valence-electron chi connectivity index (χ0n) is 44.2. The van der Waals surface area contributed by atoms with Crippen LogP contribution in [0.2, 0.25) is 0 Å². The Morgan fingerprint density at radius 1 is 0.409 bits per heavy atom. The number of hydrogen-bond donors (Lipinski definition) is 3. The minimum absolute atomic E-state index is 0.0140. The van der Waals surface area contributed by atoms with Crippen molar-refractivity contribution < 1.29 is 24.5 Å². The molecule has 0 aromatic rings. The molecule has 66 heavy (non-hydrogen) atoms. The molecule has 0 radical (unpaired) electrons. The van der Waals surface area contributed by atoms with Gasteiger partial charge >= 0.3 is 5.97 Å². The molecule has 0 spiro atoms. The second kappa shape index (κ2) is 55.7. The fourth-order valence-electron chi connectivity index (χ4n) is 8.86. The van der Waals surface area contributed by atoms with Gasteiger partial charge in [-0.3, -0.25) is 9.59 Å². The summed E-state index contributed by atoms with van der Waals surface area (Å²) < 4.78 is 5.45. The lowest BCUT2D eigenvalue weighted by Gasteiger charge is -2.20. The van der Waals surface area contributed by atoms with Crippen molar-refractivity contribution in [3.63, 3.8) is 0 Å². The summed E-state index contributed by atoms with van der Waals surface area (Å²) in [4.78, 5) is 24.5.